The second kappa shape index (κ2) is 5.18. The van der Waals surface area contributed by atoms with E-state index in [0.29, 0.717) is 0 Å². The van der Waals surface area contributed by atoms with Crippen molar-refractivity contribution in [1.29, 1.82) is 0 Å². The van der Waals surface area contributed by atoms with Gasteiger partial charge in [0, 0.05) is 13.2 Å². The minimum Gasteiger partial charge on any atom is -0.396 e. The number of aliphatic hydroxyl groups is 1. The third-order valence-electron chi connectivity index (χ3n) is 1.54. The molecule has 1 rings (SSSR count). The standard InChI is InChI=1S/C7H13N3OS/c1-6-7(12-10-9-6)5-8-3-2-4-11/h8,11H,2-5H2,1H3. The quantitative estimate of drug-likeness (QED) is 0.652. The average molecular weight is 187 g/mol. The molecule has 68 valence electrons. The molecule has 0 fully saturated rings. The van der Waals surface area contributed by atoms with E-state index in [1.54, 1.807) is 0 Å². The number of nitrogens with one attached hydrogen (secondary N) is 1. The molecule has 0 unspecified atom stereocenters. The fourth-order valence-corrected chi connectivity index (χ4v) is 1.42. The summed E-state index contributed by atoms with van der Waals surface area (Å²) in [6.45, 7) is 3.84. The van der Waals surface area contributed by atoms with Gasteiger partial charge in [-0.3, -0.25) is 0 Å². The molecule has 0 saturated carbocycles. The minimum atomic E-state index is 0.243. The number of hydrogen-bond acceptors (Lipinski definition) is 5. The molecule has 1 aromatic rings. The first-order valence-corrected chi connectivity index (χ1v) is 4.71. The highest BCUT2D eigenvalue weighted by Gasteiger charge is 2.00. The summed E-state index contributed by atoms with van der Waals surface area (Å²) in [5.74, 6) is 0. The molecule has 0 saturated heterocycles. The molecule has 1 aromatic heterocycles. The molecule has 0 spiro atoms. The van der Waals surface area contributed by atoms with Gasteiger partial charge in [-0.05, 0) is 31.4 Å². The molecule has 0 bridgehead atoms. The van der Waals surface area contributed by atoms with Crippen LogP contribution in [0.25, 0.3) is 0 Å². The van der Waals surface area contributed by atoms with Gasteiger partial charge in [-0.25, -0.2) is 0 Å². The van der Waals surface area contributed by atoms with Crippen LogP contribution in [0.1, 0.15) is 17.0 Å². The summed E-state index contributed by atoms with van der Waals surface area (Å²) >= 11 is 1.42. The smallest absolute Gasteiger partial charge is 0.0769 e. The predicted molar refractivity (Wildman–Crippen MR) is 48.1 cm³/mol. The molecule has 5 heteroatoms. The van der Waals surface area contributed by atoms with Gasteiger partial charge >= 0.3 is 0 Å². The van der Waals surface area contributed by atoms with Crippen molar-refractivity contribution < 1.29 is 5.11 Å². The first kappa shape index (κ1) is 9.57. The second-order valence-electron chi connectivity index (χ2n) is 2.54. The third kappa shape index (κ3) is 2.84. The Morgan fingerprint density at radius 1 is 1.58 bits per heavy atom. The molecule has 1 heterocycles. The van der Waals surface area contributed by atoms with Crippen molar-refractivity contribution in [1.82, 2.24) is 14.9 Å². The third-order valence-corrected chi connectivity index (χ3v) is 2.37. The summed E-state index contributed by atoms with van der Waals surface area (Å²) in [6.07, 6.45) is 0.797. The Balaban J connectivity index is 2.20. The van der Waals surface area contributed by atoms with Crippen molar-refractivity contribution in [3.8, 4) is 0 Å². The molecule has 0 aliphatic heterocycles. The van der Waals surface area contributed by atoms with Crippen LogP contribution >= 0.6 is 11.5 Å². The fraction of sp³-hybridized carbons (Fsp3) is 0.714. The number of rotatable bonds is 5. The van der Waals surface area contributed by atoms with Gasteiger partial charge in [0.1, 0.15) is 0 Å². The van der Waals surface area contributed by atoms with Gasteiger partial charge in [0.25, 0.3) is 0 Å². The molecule has 0 aliphatic carbocycles. The highest BCUT2D eigenvalue weighted by atomic mass is 32.1. The topological polar surface area (TPSA) is 58.0 Å². The van der Waals surface area contributed by atoms with Crippen LogP contribution in [0.4, 0.5) is 0 Å². The predicted octanol–water partition coefficient (Wildman–Crippen LogP) is 0.319. The van der Waals surface area contributed by atoms with Crippen LogP contribution < -0.4 is 5.32 Å². The van der Waals surface area contributed by atoms with Crippen LogP contribution in [0.5, 0.6) is 0 Å². The number of nitrogens with zero attached hydrogens (tertiary/aromatic N) is 2. The summed E-state index contributed by atoms with van der Waals surface area (Å²) in [5, 5.41) is 15.6. The maximum atomic E-state index is 8.52. The van der Waals surface area contributed by atoms with Crippen molar-refractivity contribution in [3.63, 3.8) is 0 Å². The lowest BCUT2D eigenvalue weighted by molar-refractivity contribution is 0.286. The van der Waals surface area contributed by atoms with Gasteiger partial charge in [0.05, 0.1) is 10.6 Å². The van der Waals surface area contributed by atoms with Crippen LogP contribution in [0.3, 0.4) is 0 Å². The van der Waals surface area contributed by atoms with E-state index in [-0.39, 0.29) is 6.61 Å². The lowest BCUT2D eigenvalue weighted by Crippen LogP contribution is -2.15. The van der Waals surface area contributed by atoms with E-state index < -0.39 is 0 Å². The molecule has 12 heavy (non-hydrogen) atoms. The first-order valence-electron chi connectivity index (χ1n) is 3.94. The number of aryl methyl sites for hydroxylation is 1. The van der Waals surface area contributed by atoms with Crippen LogP contribution in [0.2, 0.25) is 0 Å². The molecular weight excluding hydrogens is 174 g/mol. The van der Waals surface area contributed by atoms with Gasteiger partial charge in [0.2, 0.25) is 0 Å². The molecule has 0 radical (unpaired) electrons. The monoisotopic (exact) mass is 187 g/mol. The highest BCUT2D eigenvalue weighted by molar-refractivity contribution is 7.05. The van der Waals surface area contributed by atoms with E-state index >= 15 is 0 Å². The SMILES string of the molecule is Cc1nnsc1CNCCCO. The van der Waals surface area contributed by atoms with Crippen molar-refractivity contribution in [3.05, 3.63) is 10.6 Å². The summed E-state index contributed by atoms with van der Waals surface area (Å²) in [6, 6.07) is 0. The number of hydrogen-bond donors (Lipinski definition) is 2. The van der Waals surface area contributed by atoms with E-state index in [0.717, 1.165) is 25.2 Å². The van der Waals surface area contributed by atoms with Crippen molar-refractivity contribution in [2.45, 2.75) is 19.9 Å². The van der Waals surface area contributed by atoms with Crippen molar-refractivity contribution >= 4 is 11.5 Å². The van der Waals surface area contributed by atoms with Crippen LogP contribution in [0.15, 0.2) is 0 Å². The highest BCUT2D eigenvalue weighted by Crippen LogP contribution is 2.07. The number of aliphatic hydroxyl groups excluding tert-OH is 1. The summed E-state index contributed by atoms with van der Waals surface area (Å²) < 4.78 is 3.82. The zero-order valence-corrected chi connectivity index (χ0v) is 7.89. The lowest BCUT2D eigenvalue weighted by Gasteiger charge is -1.99. The van der Waals surface area contributed by atoms with Gasteiger partial charge in [-0.1, -0.05) is 4.49 Å². The average Bonchev–Trinajstić information content (AvgIpc) is 2.46. The zero-order valence-electron chi connectivity index (χ0n) is 7.08. The molecule has 0 atom stereocenters. The van der Waals surface area contributed by atoms with E-state index in [2.05, 4.69) is 14.9 Å². The van der Waals surface area contributed by atoms with Gasteiger partial charge in [-0.2, -0.15) is 0 Å². The Bertz CT molecular complexity index is 226. The van der Waals surface area contributed by atoms with Crippen molar-refractivity contribution in [2.24, 2.45) is 0 Å². The molecule has 0 amide bonds. The van der Waals surface area contributed by atoms with Gasteiger partial charge in [-0.15, -0.1) is 5.10 Å². The Labute approximate surface area is 75.8 Å². The lowest BCUT2D eigenvalue weighted by atomic mass is 10.4. The second-order valence-corrected chi connectivity index (χ2v) is 3.37. The van der Waals surface area contributed by atoms with Gasteiger partial charge in [0.15, 0.2) is 0 Å². The molecule has 0 aromatic carbocycles. The Morgan fingerprint density at radius 2 is 2.42 bits per heavy atom. The minimum absolute atomic E-state index is 0.243. The molecule has 4 nitrogen and oxygen atoms in total. The number of aromatic nitrogens is 2. The Morgan fingerprint density at radius 3 is 3.00 bits per heavy atom. The van der Waals surface area contributed by atoms with E-state index in [4.69, 9.17) is 5.11 Å². The normalized spacial score (nSPS) is 10.5. The van der Waals surface area contributed by atoms with E-state index in [9.17, 15) is 0 Å². The maximum Gasteiger partial charge on any atom is 0.0769 e. The Hall–Kier alpha value is -0.520. The maximum absolute atomic E-state index is 8.52. The van der Waals surface area contributed by atoms with Crippen LogP contribution in [-0.2, 0) is 6.54 Å². The molecular formula is C7H13N3OS. The largest absolute Gasteiger partial charge is 0.396 e. The van der Waals surface area contributed by atoms with Crippen molar-refractivity contribution in [2.75, 3.05) is 13.2 Å². The zero-order chi connectivity index (χ0) is 8.81. The molecule has 0 aliphatic rings. The van der Waals surface area contributed by atoms with Gasteiger partial charge < -0.3 is 10.4 Å². The van der Waals surface area contributed by atoms with E-state index in [1.807, 2.05) is 6.92 Å². The summed E-state index contributed by atoms with van der Waals surface area (Å²) in [7, 11) is 0. The fourth-order valence-electron chi connectivity index (χ4n) is 0.819. The van der Waals surface area contributed by atoms with Crippen LogP contribution in [-0.4, -0.2) is 27.8 Å². The van der Waals surface area contributed by atoms with E-state index in [1.165, 1.54) is 16.4 Å². The molecule has 2 N–H and O–H groups in total. The van der Waals surface area contributed by atoms with Crippen LogP contribution in [0, 0.1) is 6.92 Å². The summed E-state index contributed by atoms with van der Waals surface area (Å²) in [5.41, 5.74) is 0.997. The Kier molecular flexibility index (Phi) is 4.13. The first-order chi connectivity index (χ1) is 5.84. The summed E-state index contributed by atoms with van der Waals surface area (Å²) in [4.78, 5) is 1.17.